The summed E-state index contributed by atoms with van der Waals surface area (Å²) in [5.74, 6) is -1.17. The molecule has 0 spiro atoms. The van der Waals surface area contributed by atoms with Gasteiger partial charge in [0.15, 0.2) is 0 Å². The fourth-order valence-electron chi connectivity index (χ4n) is 3.33. The van der Waals surface area contributed by atoms with Gasteiger partial charge < -0.3 is 19.9 Å². The van der Waals surface area contributed by atoms with E-state index in [1.165, 1.54) is 0 Å². The second-order valence-corrected chi connectivity index (χ2v) is 6.83. The van der Waals surface area contributed by atoms with E-state index in [4.69, 9.17) is 4.74 Å². The first-order valence-corrected chi connectivity index (χ1v) is 9.09. The first kappa shape index (κ1) is 18.9. The zero-order valence-corrected chi connectivity index (χ0v) is 15.9. The summed E-state index contributed by atoms with van der Waals surface area (Å²) in [6, 6.07) is 17.3. The molecular weight excluding hydrogens is 342 g/mol. The Bertz CT molecular complexity index is 799. The first-order chi connectivity index (χ1) is 13.0. The fourth-order valence-corrected chi connectivity index (χ4v) is 3.33. The number of hydrogen-bond donors (Lipinski definition) is 1. The van der Waals surface area contributed by atoms with E-state index in [1.807, 2.05) is 74.3 Å². The minimum atomic E-state index is -0.634. The molecule has 2 aromatic carbocycles. The summed E-state index contributed by atoms with van der Waals surface area (Å²) in [4.78, 5) is 28.7. The SMILES string of the molecule is C[C@@H]1CN(C(=O)C(=O)Nc2ccccc2N(C)c2ccccc2)C[C@H](C)O1. The lowest BCUT2D eigenvalue weighted by atomic mass is 10.2. The molecule has 142 valence electrons. The standard InChI is InChI=1S/C21H25N3O3/c1-15-13-24(14-16(2)27-15)21(26)20(25)22-18-11-7-8-12-19(18)23(3)17-9-5-4-6-10-17/h4-12,15-16H,13-14H2,1-3H3,(H,22,25)/t15-,16+. The average Bonchev–Trinajstić information content (AvgIpc) is 2.67. The smallest absolute Gasteiger partial charge is 0.313 e. The van der Waals surface area contributed by atoms with Crippen molar-refractivity contribution in [2.45, 2.75) is 26.1 Å². The molecule has 0 radical (unpaired) electrons. The minimum absolute atomic E-state index is 0.0815. The van der Waals surface area contributed by atoms with E-state index in [1.54, 1.807) is 11.0 Å². The normalized spacial score (nSPS) is 19.4. The van der Waals surface area contributed by atoms with Gasteiger partial charge in [0.05, 0.1) is 23.6 Å². The topological polar surface area (TPSA) is 61.9 Å². The highest BCUT2D eigenvalue weighted by Crippen LogP contribution is 2.30. The number of ether oxygens (including phenoxy) is 1. The molecule has 2 atom stereocenters. The number of carbonyl (C=O) groups excluding carboxylic acids is 2. The van der Waals surface area contributed by atoms with Crippen LogP contribution in [0.15, 0.2) is 54.6 Å². The van der Waals surface area contributed by atoms with E-state index >= 15 is 0 Å². The molecule has 0 unspecified atom stereocenters. The van der Waals surface area contributed by atoms with Gasteiger partial charge in [0.25, 0.3) is 0 Å². The molecule has 1 aliphatic rings. The van der Waals surface area contributed by atoms with Crippen LogP contribution in [0.4, 0.5) is 17.1 Å². The Morgan fingerprint density at radius 2 is 1.59 bits per heavy atom. The number of amides is 2. The summed E-state index contributed by atoms with van der Waals surface area (Å²) >= 11 is 0. The summed E-state index contributed by atoms with van der Waals surface area (Å²) in [6.45, 7) is 4.64. The highest BCUT2D eigenvalue weighted by molar-refractivity contribution is 6.39. The molecule has 1 N–H and O–H groups in total. The third kappa shape index (κ3) is 4.46. The largest absolute Gasteiger partial charge is 0.372 e. The fraction of sp³-hybridized carbons (Fsp3) is 0.333. The number of nitrogens with one attached hydrogen (secondary N) is 1. The van der Waals surface area contributed by atoms with E-state index in [-0.39, 0.29) is 12.2 Å². The average molecular weight is 367 g/mol. The van der Waals surface area contributed by atoms with E-state index < -0.39 is 11.8 Å². The molecule has 0 bridgehead atoms. The van der Waals surface area contributed by atoms with E-state index in [9.17, 15) is 9.59 Å². The minimum Gasteiger partial charge on any atom is -0.372 e. The Morgan fingerprint density at radius 3 is 2.26 bits per heavy atom. The van der Waals surface area contributed by atoms with Crippen molar-refractivity contribution in [1.82, 2.24) is 4.90 Å². The molecule has 2 amide bonds. The second-order valence-electron chi connectivity index (χ2n) is 6.83. The van der Waals surface area contributed by atoms with Crippen molar-refractivity contribution < 1.29 is 14.3 Å². The van der Waals surface area contributed by atoms with Crippen LogP contribution in [0, 0.1) is 0 Å². The van der Waals surface area contributed by atoms with Gasteiger partial charge in [0, 0.05) is 25.8 Å². The number of rotatable bonds is 3. The van der Waals surface area contributed by atoms with Gasteiger partial charge in [-0.15, -0.1) is 0 Å². The maximum Gasteiger partial charge on any atom is 0.313 e. The van der Waals surface area contributed by atoms with Crippen LogP contribution in [0.2, 0.25) is 0 Å². The predicted octanol–water partition coefficient (Wildman–Crippen LogP) is 3.03. The summed E-state index contributed by atoms with van der Waals surface area (Å²) in [6.07, 6.45) is -0.163. The molecule has 0 aliphatic carbocycles. The molecule has 6 nitrogen and oxygen atoms in total. The van der Waals surface area contributed by atoms with Crippen molar-refractivity contribution in [3.63, 3.8) is 0 Å². The summed E-state index contributed by atoms with van der Waals surface area (Å²) in [5, 5.41) is 2.78. The molecule has 0 saturated carbocycles. The van der Waals surface area contributed by atoms with Crippen molar-refractivity contribution in [3.05, 3.63) is 54.6 Å². The number of nitrogens with zero attached hydrogens (tertiary/aromatic N) is 2. The third-order valence-electron chi connectivity index (χ3n) is 4.56. The van der Waals surface area contributed by atoms with Crippen molar-refractivity contribution in [1.29, 1.82) is 0 Å². The van der Waals surface area contributed by atoms with Gasteiger partial charge in [-0.05, 0) is 38.1 Å². The number of morpholine rings is 1. The summed E-state index contributed by atoms with van der Waals surface area (Å²) in [7, 11) is 1.92. The van der Waals surface area contributed by atoms with Gasteiger partial charge in [0.1, 0.15) is 0 Å². The number of anilines is 3. The van der Waals surface area contributed by atoms with Gasteiger partial charge in [-0.25, -0.2) is 0 Å². The number of hydrogen-bond acceptors (Lipinski definition) is 4. The molecule has 0 aromatic heterocycles. The Kier molecular flexibility index (Phi) is 5.76. The van der Waals surface area contributed by atoms with E-state index in [0.29, 0.717) is 18.8 Å². The third-order valence-corrected chi connectivity index (χ3v) is 4.56. The van der Waals surface area contributed by atoms with Crippen molar-refractivity contribution in [3.8, 4) is 0 Å². The maximum absolute atomic E-state index is 12.6. The molecule has 1 heterocycles. The van der Waals surface area contributed by atoms with Crippen LogP contribution in [0.5, 0.6) is 0 Å². The maximum atomic E-state index is 12.6. The monoisotopic (exact) mass is 367 g/mol. The van der Waals surface area contributed by atoms with Gasteiger partial charge in [-0.2, -0.15) is 0 Å². The molecule has 1 saturated heterocycles. The van der Waals surface area contributed by atoms with E-state index in [0.717, 1.165) is 11.4 Å². The quantitative estimate of drug-likeness (QED) is 0.847. The zero-order valence-electron chi connectivity index (χ0n) is 15.9. The van der Waals surface area contributed by atoms with Crippen LogP contribution >= 0.6 is 0 Å². The van der Waals surface area contributed by atoms with Crippen LogP contribution < -0.4 is 10.2 Å². The number of carbonyl (C=O) groups is 2. The molecule has 6 heteroatoms. The molecule has 27 heavy (non-hydrogen) atoms. The molecular formula is C21H25N3O3. The molecule has 1 fully saturated rings. The lowest BCUT2D eigenvalue weighted by Gasteiger charge is -2.34. The van der Waals surface area contributed by atoms with Crippen molar-refractivity contribution in [2.75, 3.05) is 30.4 Å². The highest BCUT2D eigenvalue weighted by Gasteiger charge is 2.30. The molecule has 1 aliphatic heterocycles. The van der Waals surface area contributed by atoms with Gasteiger partial charge in [-0.1, -0.05) is 30.3 Å². The van der Waals surface area contributed by atoms with Gasteiger partial charge in [-0.3, -0.25) is 9.59 Å². The Labute approximate surface area is 159 Å². The zero-order chi connectivity index (χ0) is 19.4. The molecule has 3 rings (SSSR count). The van der Waals surface area contributed by atoms with Crippen LogP contribution in [0.1, 0.15) is 13.8 Å². The Balaban J connectivity index is 1.76. The molecule has 2 aromatic rings. The van der Waals surface area contributed by atoms with Crippen LogP contribution in [0.25, 0.3) is 0 Å². The van der Waals surface area contributed by atoms with Gasteiger partial charge >= 0.3 is 11.8 Å². The Hall–Kier alpha value is -2.86. The lowest BCUT2D eigenvalue weighted by molar-refractivity contribution is -0.151. The summed E-state index contributed by atoms with van der Waals surface area (Å²) < 4.78 is 5.63. The predicted molar refractivity (Wildman–Crippen MR) is 106 cm³/mol. The highest BCUT2D eigenvalue weighted by atomic mass is 16.5. The van der Waals surface area contributed by atoms with E-state index in [2.05, 4.69) is 5.32 Å². The van der Waals surface area contributed by atoms with Crippen molar-refractivity contribution >= 4 is 28.9 Å². The first-order valence-electron chi connectivity index (χ1n) is 9.09. The van der Waals surface area contributed by atoms with Crippen LogP contribution in [-0.4, -0.2) is 49.1 Å². The number of benzene rings is 2. The van der Waals surface area contributed by atoms with Crippen LogP contribution in [-0.2, 0) is 14.3 Å². The lowest BCUT2D eigenvalue weighted by Crippen LogP contribution is -2.51. The number of para-hydroxylation sites is 3. The summed E-state index contributed by atoms with van der Waals surface area (Å²) in [5.41, 5.74) is 2.39. The second kappa shape index (κ2) is 8.22. The van der Waals surface area contributed by atoms with Crippen molar-refractivity contribution in [2.24, 2.45) is 0 Å². The van der Waals surface area contributed by atoms with Crippen LogP contribution in [0.3, 0.4) is 0 Å². The Morgan fingerprint density at radius 1 is 1.00 bits per heavy atom. The van der Waals surface area contributed by atoms with Gasteiger partial charge in [0.2, 0.25) is 0 Å².